The average molecular weight is 536 g/mol. The van der Waals surface area contributed by atoms with Crippen molar-refractivity contribution in [2.75, 3.05) is 20.3 Å². The number of Topliss-reactive ketones (excluding diaryl/α,β-unsaturated/α-hetero) is 1. The molecule has 0 atom stereocenters. The van der Waals surface area contributed by atoms with Gasteiger partial charge in [-0.25, -0.2) is 4.79 Å². The Morgan fingerprint density at radius 1 is 1.29 bits per heavy atom. The van der Waals surface area contributed by atoms with Crippen molar-refractivity contribution in [2.24, 2.45) is 0 Å². The van der Waals surface area contributed by atoms with E-state index in [1.54, 1.807) is 19.1 Å². The van der Waals surface area contributed by atoms with Gasteiger partial charge in [0.25, 0.3) is 5.69 Å². The third kappa shape index (κ3) is 6.26. The van der Waals surface area contributed by atoms with Crippen molar-refractivity contribution in [1.82, 2.24) is 0 Å². The second-order valence-electron chi connectivity index (χ2n) is 5.93. The van der Waals surface area contributed by atoms with Gasteiger partial charge in [-0.2, -0.15) is 5.26 Å². The molecule has 0 amide bonds. The van der Waals surface area contributed by atoms with E-state index in [-0.39, 0.29) is 30.0 Å². The third-order valence-corrected chi connectivity index (χ3v) is 4.69. The molecule has 31 heavy (non-hydrogen) atoms. The lowest BCUT2D eigenvalue weighted by molar-refractivity contribution is -0.384. The summed E-state index contributed by atoms with van der Waals surface area (Å²) in [5, 5.41) is 20.4. The number of nitrogens with zero attached hydrogens (tertiary/aromatic N) is 2. The number of allylic oxidation sites excluding steroid dienone is 1. The number of methoxy groups -OCH3 is 1. The van der Waals surface area contributed by atoms with Gasteiger partial charge in [-0.05, 0) is 53.3 Å². The molecule has 2 rings (SSSR count). The maximum absolute atomic E-state index is 12.7. The van der Waals surface area contributed by atoms with E-state index in [9.17, 15) is 25.0 Å². The molecule has 2 aromatic carbocycles. The van der Waals surface area contributed by atoms with E-state index in [1.807, 2.05) is 28.7 Å². The van der Waals surface area contributed by atoms with Gasteiger partial charge in [-0.3, -0.25) is 14.9 Å². The number of ketones is 1. The van der Waals surface area contributed by atoms with Crippen LogP contribution in [-0.4, -0.2) is 37.0 Å². The average Bonchev–Trinajstić information content (AvgIpc) is 2.76. The standard InChI is InChI=1S/C21H17IN2O7/c1-3-30-19(25)12-31-21-17(22)8-13(9-18(21)29-2)7-15(11-23)20(26)14-5-4-6-16(10-14)24(27)28/h4-10H,3,12H2,1-2H3/b15-7+. The summed E-state index contributed by atoms with van der Waals surface area (Å²) in [5.41, 5.74) is 0.0409. The molecule has 0 heterocycles. The Hall–Kier alpha value is -3.46. The molecule has 0 bridgehead atoms. The maximum Gasteiger partial charge on any atom is 0.344 e. The summed E-state index contributed by atoms with van der Waals surface area (Å²) in [7, 11) is 1.41. The first-order chi connectivity index (χ1) is 14.8. The van der Waals surface area contributed by atoms with E-state index in [2.05, 4.69) is 0 Å². The Morgan fingerprint density at radius 2 is 2.03 bits per heavy atom. The van der Waals surface area contributed by atoms with Gasteiger partial charge >= 0.3 is 5.97 Å². The summed E-state index contributed by atoms with van der Waals surface area (Å²) >= 11 is 1.97. The molecule has 0 aliphatic heterocycles. The van der Waals surface area contributed by atoms with Crippen LogP contribution < -0.4 is 9.47 Å². The molecular formula is C21H17IN2O7. The van der Waals surface area contributed by atoms with Gasteiger partial charge in [0.05, 0.1) is 22.2 Å². The predicted molar refractivity (Wildman–Crippen MR) is 119 cm³/mol. The van der Waals surface area contributed by atoms with Gasteiger partial charge < -0.3 is 14.2 Å². The number of rotatable bonds is 9. The van der Waals surface area contributed by atoms with Crippen molar-refractivity contribution < 1.29 is 28.7 Å². The van der Waals surface area contributed by atoms with Crippen molar-refractivity contribution in [3.63, 3.8) is 0 Å². The molecule has 0 N–H and O–H groups in total. The molecule has 0 spiro atoms. The van der Waals surface area contributed by atoms with Crippen LogP contribution in [0.5, 0.6) is 11.5 Å². The lowest BCUT2D eigenvalue weighted by Gasteiger charge is -2.13. The van der Waals surface area contributed by atoms with Crippen LogP contribution in [0.2, 0.25) is 0 Å². The van der Waals surface area contributed by atoms with Crippen LogP contribution in [0.4, 0.5) is 5.69 Å². The van der Waals surface area contributed by atoms with Gasteiger partial charge in [0.15, 0.2) is 18.1 Å². The molecule has 10 heteroatoms. The molecule has 160 valence electrons. The van der Waals surface area contributed by atoms with Gasteiger partial charge in [0.2, 0.25) is 5.78 Å². The normalized spacial score (nSPS) is 10.7. The van der Waals surface area contributed by atoms with E-state index in [0.717, 1.165) is 6.07 Å². The number of nitriles is 1. The van der Waals surface area contributed by atoms with Crippen molar-refractivity contribution in [3.8, 4) is 17.6 Å². The van der Waals surface area contributed by atoms with E-state index in [0.29, 0.717) is 20.6 Å². The summed E-state index contributed by atoms with van der Waals surface area (Å²) in [6.07, 6.45) is 1.35. The van der Waals surface area contributed by atoms with Crippen LogP contribution in [0.3, 0.4) is 0 Å². The zero-order valence-electron chi connectivity index (χ0n) is 16.6. The summed E-state index contributed by atoms with van der Waals surface area (Å²) < 4.78 is 16.2. The highest BCUT2D eigenvalue weighted by molar-refractivity contribution is 14.1. The van der Waals surface area contributed by atoms with Crippen LogP contribution in [0.1, 0.15) is 22.8 Å². The molecule has 0 radical (unpaired) electrons. The van der Waals surface area contributed by atoms with Crippen LogP contribution in [0.25, 0.3) is 6.08 Å². The molecule has 0 aliphatic rings. The van der Waals surface area contributed by atoms with Crippen molar-refractivity contribution in [3.05, 3.63) is 66.8 Å². The fourth-order valence-corrected chi connectivity index (χ4v) is 3.31. The summed E-state index contributed by atoms with van der Waals surface area (Å²) in [6.45, 7) is 1.62. The Labute approximate surface area is 191 Å². The molecule has 2 aromatic rings. The number of nitro benzene ring substituents is 1. The highest BCUT2D eigenvalue weighted by Gasteiger charge is 2.18. The number of carbonyl (C=O) groups is 2. The van der Waals surface area contributed by atoms with Crippen molar-refractivity contribution >= 4 is 46.1 Å². The zero-order valence-corrected chi connectivity index (χ0v) is 18.7. The topological polar surface area (TPSA) is 129 Å². The van der Waals surface area contributed by atoms with Crippen molar-refractivity contribution in [2.45, 2.75) is 6.92 Å². The number of non-ortho nitro benzene ring substituents is 1. The SMILES string of the molecule is CCOC(=O)COc1c(I)cc(/C=C(\C#N)C(=O)c2cccc([N+](=O)[O-])c2)cc1OC. The first kappa shape index (κ1) is 23.8. The van der Waals surface area contributed by atoms with Crippen LogP contribution in [0.15, 0.2) is 42.0 Å². The Bertz CT molecular complexity index is 1090. The number of halogens is 1. The van der Waals surface area contributed by atoms with E-state index in [4.69, 9.17) is 14.2 Å². The summed E-state index contributed by atoms with van der Waals surface area (Å²) in [5.74, 6) is -0.569. The fourth-order valence-electron chi connectivity index (χ4n) is 2.53. The van der Waals surface area contributed by atoms with Gasteiger partial charge in [0.1, 0.15) is 11.6 Å². The summed E-state index contributed by atoms with van der Waals surface area (Å²) in [4.78, 5) is 34.5. The predicted octanol–water partition coefficient (Wildman–Crippen LogP) is 3.94. The first-order valence-corrected chi connectivity index (χ1v) is 9.95. The Balaban J connectivity index is 2.36. The molecular weight excluding hydrogens is 519 g/mol. The number of benzene rings is 2. The number of nitro groups is 1. The minimum Gasteiger partial charge on any atom is -0.493 e. The number of hydrogen-bond donors (Lipinski definition) is 0. The van der Waals surface area contributed by atoms with Crippen LogP contribution in [0, 0.1) is 25.0 Å². The van der Waals surface area contributed by atoms with Crippen molar-refractivity contribution in [1.29, 1.82) is 5.26 Å². The molecule has 0 unspecified atom stereocenters. The van der Waals surface area contributed by atoms with E-state index >= 15 is 0 Å². The second kappa shape index (κ2) is 11.1. The zero-order chi connectivity index (χ0) is 23.0. The highest BCUT2D eigenvalue weighted by atomic mass is 127. The largest absolute Gasteiger partial charge is 0.493 e. The molecule has 0 saturated carbocycles. The quantitative estimate of drug-likeness (QED) is 0.0897. The number of carbonyl (C=O) groups excluding carboxylic acids is 2. The number of hydrogen-bond acceptors (Lipinski definition) is 8. The second-order valence-corrected chi connectivity index (χ2v) is 7.10. The first-order valence-electron chi connectivity index (χ1n) is 8.87. The number of ether oxygens (including phenoxy) is 3. The number of esters is 1. The minimum absolute atomic E-state index is 0.0260. The Kier molecular flexibility index (Phi) is 8.51. The minimum atomic E-state index is -0.650. The van der Waals surface area contributed by atoms with E-state index in [1.165, 1.54) is 31.4 Å². The maximum atomic E-state index is 12.7. The molecule has 0 fully saturated rings. The van der Waals surface area contributed by atoms with Gasteiger partial charge in [-0.15, -0.1) is 0 Å². The fraction of sp³-hybridized carbons (Fsp3) is 0.190. The lowest BCUT2D eigenvalue weighted by Crippen LogP contribution is -2.15. The molecule has 0 saturated heterocycles. The molecule has 0 aromatic heterocycles. The monoisotopic (exact) mass is 536 g/mol. The highest BCUT2D eigenvalue weighted by Crippen LogP contribution is 2.34. The lowest BCUT2D eigenvalue weighted by atomic mass is 10.0. The van der Waals surface area contributed by atoms with Crippen LogP contribution >= 0.6 is 22.6 Å². The van der Waals surface area contributed by atoms with E-state index < -0.39 is 16.7 Å². The smallest absolute Gasteiger partial charge is 0.344 e. The third-order valence-electron chi connectivity index (χ3n) is 3.89. The molecule has 9 nitrogen and oxygen atoms in total. The summed E-state index contributed by atoms with van der Waals surface area (Å²) in [6, 6.07) is 10.2. The Morgan fingerprint density at radius 3 is 2.65 bits per heavy atom. The molecule has 0 aliphatic carbocycles. The van der Waals surface area contributed by atoms with Gasteiger partial charge in [0, 0.05) is 17.7 Å². The van der Waals surface area contributed by atoms with Gasteiger partial charge in [-0.1, -0.05) is 12.1 Å². The van der Waals surface area contributed by atoms with Crippen LogP contribution in [-0.2, 0) is 9.53 Å².